The van der Waals surface area contributed by atoms with Crippen molar-refractivity contribution in [2.75, 3.05) is 0 Å². The van der Waals surface area contributed by atoms with Crippen molar-refractivity contribution in [2.45, 2.75) is 0 Å². The van der Waals surface area contributed by atoms with Crippen LogP contribution < -0.4 is 0 Å². The summed E-state index contributed by atoms with van der Waals surface area (Å²) >= 11 is 5.65. The van der Waals surface area contributed by atoms with E-state index >= 15 is 0 Å². The average Bonchev–Trinajstić information content (AvgIpc) is 2.78. The molecule has 0 aliphatic rings. The van der Waals surface area contributed by atoms with E-state index in [-0.39, 0.29) is 22.1 Å². The highest BCUT2D eigenvalue weighted by Crippen LogP contribution is 2.26. The van der Waals surface area contributed by atoms with E-state index in [4.69, 9.17) is 16.7 Å². The van der Waals surface area contributed by atoms with Crippen LogP contribution in [0.15, 0.2) is 24.4 Å². The maximum absolute atomic E-state index is 10.9. The van der Waals surface area contributed by atoms with Crippen LogP contribution in [0.4, 0.5) is 5.69 Å². The highest BCUT2D eigenvalue weighted by Gasteiger charge is 2.18. The molecule has 0 amide bonds. The first-order valence-corrected chi connectivity index (χ1v) is 4.97. The Kier molecular flexibility index (Phi) is 2.94. The van der Waals surface area contributed by atoms with Gasteiger partial charge >= 0.3 is 5.97 Å². The van der Waals surface area contributed by atoms with Gasteiger partial charge in [-0.2, -0.15) is 0 Å². The Morgan fingerprint density at radius 2 is 2.22 bits per heavy atom. The Labute approximate surface area is 105 Å². The van der Waals surface area contributed by atoms with Gasteiger partial charge in [0, 0.05) is 6.07 Å². The molecule has 0 radical (unpaired) electrons. The number of nitrogens with zero attached hydrogens (tertiary/aromatic N) is 4. The lowest BCUT2D eigenvalue weighted by Crippen LogP contribution is -2.08. The first kappa shape index (κ1) is 12.0. The number of nitro groups is 1. The van der Waals surface area contributed by atoms with Crippen molar-refractivity contribution in [3.63, 3.8) is 0 Å². The monoisotopic (exact) mass is 268 g/mol. The van der Waals surface area contributed by atoms with Crippen LogP contribution in [0.3, 0.4) is 0 Å². The van der Waals surface area contributed by atoms with E-state index < -0.39 is 10.9 Å². The number of carboxylic acids is 1. The second kappa shape index (κ2) is 4.41. The highest BCUT2D eigenvalue weighted by molar-refractivity contribution is 6.32. The molecule has 0 saturated heterocycles. The van der Waals surface area contributed by atoms with Gasteiger partial charge in [-0.25, -0.2) is 9.48 Å². The van der Waals surface area contributed by atoms with Gasteiger partial charge in [0.15, 0.2) is 5.69 Å². The van der Waals surface area contributed by atoms with Gasteiger partial charge in [-0.05, 0) is 12.1 Å². The van der Waals surface area contributed by atoms with Gasteiger partial charge in [0.05, 0.1) is 16.8 Å². The third kappa shape index (κ3) is 2.00. The van der Waals surface area contributed by atoms with Crippen LogP contribution in [-0.2, 0) is 0 Å². The third-order valence-electron chi connectivity index (χ3n) is 2.14. The molecule has 8 nitrogen and oxygen atoms in total. The number of benzene rings is 1. The van der Waals surface area contributed by atoms with Crippen LogP contribution >= 0.6 is 11.6 Å². The van der Waals surface area contributed by atoms with E-state index in [1.807, 2.05) is 0 Å². The van der Waals surface area contributed by atoms with Crippen molar-refractivity contribution >= 4 is 23.3 Å². The van der Waals surface area contributed by atoms with Crippen LogP contribution in [0, 0.1) is 10.1 Å². The van der Waals surface area contributed by atoms with Crippen LogP contribution in [0.2, 0.25) is 5.02 Å². The number of rotatable bonds is 3. The average molecular weight is 269 g/mol. The zero-order chi connectivity index (χ0) is 13.3. The summed E-state index contributed by atoms with van der Waals surface area (Å²) in [6.07, 6.45) is 1.04. The van der Waals surface area contributed by atoms with Crippen molar-refractivity contribution in [3.8, 4) is 5.69 Å². The number of aromatic nitrogens is 3. The number of hydrogen-bond acceptors (Lipinski definition) is 5. The lowest BCUT2D eigenvalue weighted by atomic mass is 10.2. The Morgan fingerprint density at radius 1 is 1.50 bits per heavy atom. The van der Waals surface area contributed by atoms with Crippen LogP contribution in [0.1, 0.15) is 10.5 Å². The fourth-order valence-electron chi connectivity index (χ4n) is 1.34. The Balaban J connectivity index is 2.58. The number of hydrogen-bond donors (Lipinski definition) is 1. The second-order valence-corrected chi connectivity index (χ2v) is 3.64. The highest BCUT2D eigenvalue weighted by atomic mass is 35.5. The first-order chi connectivity index (χ1) is 8.50. The maximum Gasteiger partial charge on any atom is 0.356 e. The van der Waals surface area contributed by atoms with E-state index in [1.165, 1.54) is 12.1 Å². The molecule has 1 N–H and O–H groups in total. The van der Waals surface area contributed by atoms with Gasteiger partial charge in [0.2, 0.25) is 0 Å². The summed E-state index contributed by atoms with van der Waals surface area (Å²) in [5.41, 5.74) is -0.339. The minimum Gasteiger partial charge on any atom is -0.476 e. The SMILES string of the molecule is O=C(O)c1cnnn1-c1ccc(Cl)c([N+](=O)[O-])c1. The minimum absolute atomic E-state index is 0.0410. The number of aromatic carboxylic acids is 1. The Hall–Kier alpha value is -2.48. The van der Waals surface area contributed by atoms with Gasteiger partial charge in [-0.1, -0.05) is 16.8 Å². The third-order valence-corrected chi connectivity index (χ3v) is 2.46. The van der Waals surface area contributed by atoms with Crippen molar-refractivity contribution in [2.24, 2.45) is 0 Å². The molecule has 18 heavy (non-hydrogen) atoms. The predicted molar refractivity (Wildman–Crippen MR) is 60.0 cm³/mol. The zero-order valence-corrected chi connectivity index (χ0v) is 9.40. The molecule has 0 atom stereocenters. The fraction of sp³-hybridized carbons (Fsp3) is 0. The normalized spacial score (nSPS) is 10.3. The molecule has 0 fully saturated rings. The molecule has 2 rings (SSSR count). The summed E-state index contributed by atoms with van der Waals surface area (Å²) in [7, 11) is 0. The van der Waals surface area contributed by atoms with Gasteiger partial charge in [-0.3, -0.25) is 10.1 Å². The van der Waals surface area contributed by atoms with Gasteiger partial charge in [-0.15, -0.1) is 5.10 Å². The first-order valence-electron chi connectivity index (χ1n) is 4.59. The molecular formula is C9H5ClN4O4. The predicted octanol–water partition coefficient (Wildman–Crippen LogP) is 1.53. The summed E-state index contributed by atoms with van der Waals surface area (Å²) in [5.74, 6) is -1.24. The molecule has 9 heteroatoms. The van der Waals surface area contributed by atoms with Gasteiger partial charge in [0.25, 0.3) is 5.69 Å². The number of halogens is 1. The summed E-state index contributed by atoms with van der Waals surface area (Å²) in [6, 6.07) is 3.84. The molecule has 0 saturated carbocycles. The number of carboxylic acid groups (broad SMARTS) is 1. The Morgan fingerprint density at radius 3 is 2.83 bits per heavy atom. The van der Waals surface area contributed by atoms with Crippen LogP contribution in [-0.4, -0.2) is 31.0 Å². The van der Waals surface area contributed by atoms with Crippen molar-refractivity contribution in [1.82, 2.24) is 15.0 Å². The zero-order valence-electron chi connectivity index (χ0n) is 8.65. The summed E-state index contributed by atoms with van der Waals surface area (Å²) < 4.78 is 0.978. The molecule has 0 spiro atoms. The van der Waals surface area contributed by atoms with E-state index in [9.17, 15) is 14.9 Å². The van der Waals surface area contributed by atoms with Crippen LogP contribution in [0.25, 0.3) is 5.69 Å². The van der Waals surface area contributed by atoms with Gasteiger partial charge < -0.3 is 5.11 Å². The fourth-order valence-corrected chi connectivity index (χ4v) is 1.53. The smallest absolute Gasteiger partial charge is 0.356 e. The Bertz CT molecular complexity index is 639. The molecule has 1 aromatic carbocycles. The van der Waals surface area contributed by atoms with Crippen molar-refractivity contribution in [1.29, 1.82) is 0 Å². The van der Waals surface area contributed by atoms with Crippen molar-refractivity contribution in [3.05, 3.63) is 45.2 Å². The second-order valence-electron chi connectivity index (χ2n) is 3.23. The molecule has 0 unspecified atom stereocenters. The standard InChI is InChI=1S/C9H5ClN4O4/c10-6-2-1-5(3-7(6)14(17)18)13-8(9(15)16)4-11-12-13/h1-4H,(H,15,16). The largest absolute Gasteiger partial charge is 0.476 e. The summed E-state index contributed by atoms with van der Waals surface area (Å²) in [5, 5.41) is 26.6. The molecule has 0 aliphatic carbocycles. The summed E-state index contributed by atoms with van der Waals surface area (Å²) in [6.45, 7) is 0. The lowest BCUT2D eigenvalue weighted by molar-refractivity contribution is -0.384. The van der Waals surface area contributed by atoms with E-state index in [0.717, 1.165) is 16.9 Å². The quantitative estimate of drug-likeness (QED) is 0.667. The minimum atomic E-state index is -1.24. The molecule has 0 bridgehead atoms. The van der Waals surface area contributed by atoms with E-state index in [2.05, 4.69) is 10.3 Å². The topological polar surface area (TPSA) is 111 Å². The molecule has 92 valence electrons. The molecular weight excluding hydrogens is 264 g/mol. The maximum atomic E-state index is 10.9. The van der Waals surface area contributed by atoms with Crippen LogP contribution in [0.5, 0.6) is 0 Å². The summed E-state index contributed by atoms with van der Waals surface area (Å²) in [4.78, 5) is 20.9. The molecule has 2 aromatic rings. The molecule has 1 heterocycles. The molecule has 0 aliphatic heterocycles. The number of nitro benzene ring substituents is 1. The van der Waals surface area contributed by atoms with E-state index in [0.29, 0.717) is 0 Å². The van der Waals surface area contributed by atoms with Gasteiger partial charge in [0.1, 0.15) is 5.02 Å². The van der Waals surface area contributed by atoms with E-state index in [1.54, 1.807) is 0 Å². The van der Waals surface area contributed by atoms with Crippen molar-refractivity contribution < 1.29 is 14.8 Å². The molecule has 1 aromatic heterocycles. The lowest BCUT2D eigenvalue weighted by Gasteiger charge is -2.03. The number of carbonyl (C=O) groups is 1.